The fourth-order valence-corrected chi connectivity index (χ4v) is 5.50. The lowest BCUT2D eigenvalue weighted by Crippen LogP contribution is -2.41. The molecule has 8 heteroatoms. The molecule has 2 heterocycles. The number of nitrogens with zero attached hydrogens (tertiary/aromatic N) is 3. The van der Waals surface area contributed by atoms with E-state index >= 15 is 0 Å². The summed E-state index contributed by atoms with van der Waals surface area (Å²) in [6, 6.07) is 18.7. The molecule has 41 heavy (non-hydrogen) atoms. The molecule has 2 aliphatic rings. The third-order valence-corrected chi connectivity index (χ3v) is 8.04. The number of hydrogen-bond acceptors (Lipinski definition) is 6. The number of ether oxygens (including phenoxy) is 2. The fourth-order valence-electron chi connectivity index (χ4n) is 5.38. The molecular weight excluding hydrogens is 538 g/mol. The fraction of sp³-hybridized carbons (Fsp3) is 0.303. The number of halogens is 1. The Morgan fingerprint density at radius 1 is 1.10 bits per heavy atom. The van der Waals surface area contributed by atoms with E-state index in [0.29, 0.717) is 29.3 Å². The zero-order valence-electron chi connectivity index (χ0n) is 23.7. The highest BCUT2D eigenvalue weighted by atomic mass is 35.5. The zero-order valence-corrected chi connectivity index (χ0v) is 24.5. The Kier molecular flexibility index (Phi) is 8.57. The summed E-state index contributed by atoms with van der Waals surface area (Å²) in [5, 5.41) is 0.641. The minimum atomic E-state index is -0.747. The Morgan fingerprint density at radius 3 is 2.41 bits per heavy atom. The van der Waals surface area contributed by atoms with Crippen LogP contribution >= 0.6 is 11.6 Å². The topological polar surface area (TPSA) is 72.0 Å². The number of benzene rings is 2. The van der Waals surface area contributed by atoms with Gasteiger partial charge in [-0.25, -0.2) is 0 Å². The molecule has 1 aliphatic heterocycles. The predicted octanol–water partition coefficient (Wildman–Crippen LogP) is 6.56. The molecule has 0 radical (unpaired) electrons. The molecule has 0 fully saturated rings. The lowest BCUT2D eigenvalue weighted by Gasteiger charge is -2.42. The van der Waals surface area contributed by atoms with Crippen LogP contribution in [0.3, 0.4) is 0 Å². The van der Waals surface area contributed by atoms with E-state index in [1.54, 1.807) is 43.6 Å². The van der Waals surface area contributed by atoms with Crippen molar-refractivity contribution in [2.75, 3.05) is 30.5 Å². The summed E-state index contributed by atoms with van der Waals surface area (Å²) in [5.74, 6) is 0.368. The summed E-state index contributed by atoms with van der Waals surface area (Å²) in [4.78, 5) is 34.7. The first-order chi connectivity index (χ1) is 19.8. The number of carbonyl (C=O) groups excluding carboxylic acids is 2. The van der Waals surface area contributed by atoms with Gasteiger partial charge in [-0.3, -0.25) is 14.6 Å². The molecule has 5 rings (SSSR count). The molecule has 0 bridgehead atoms. The zero-order chi connectivity index (χ0) is 29.1. The maximum atomic E-state index is 13.7. The van der Waals surface area contributed by atoms with Gasteiger partial charge < -0.3 is 19.3 Å². The average molecular weight is 572 g/mol. The van der Waals surface area contributed by atoms with Crippen LogP contribution in [0.15, 0.2) is 96.0 Å². The number of pyridine rings is 1. The maximum Gasteiger partial charge on any atom is 0.258 e. The van der Waals surface area contributed by atoms with E-state index in [1.165, 1.54) is 0 Å². The van der Waals surface area contributed by atoms with Crippen molar-refractivity contribution in [3.05, 3.63) is 112 Å². The molecule has 0 N–H and O–H groups in total. The molecule has 0 saturated heterocycles. The molecule has 1 amide bonds. The third-order valence-electron chi connectivity index (χ3n) is 7.78. The second-order valence-corrected chi connectivity index (χ2v) is 10.7. The van der Waals surface area contributed by atoms with E-state index in [-0.39, 0.29) is 23.8 Å². The van der Waals surface area contributed by atoms with Gasteiger partial charge in [-0.2, -0.15) is 0 Å². The molecule has 0 saturated carbocycles. The van der Waals surface area contributed by atoms with E-state index in [0.717, 1.165) is 34.5 Å². The lowest BCUT2D eigenvalue weighted by atomic mass is 9.81. The molecule has 2 unspecified atom stereocenters. The highest BCUT2D eigenvalue weighted by Gasteiger charge is 2.40. The molecule has 1 aliphatic carbocycles. The van der Waals surface area contributed by atoms with Crippen molar-refractivity contribution in [2.24, 2.45) is 0 Å². The number of anilines is 2. The molecule has 212 valence electrons. The number of methoxy groups -OCH3 is 1. The van der Waals surface area contributed by atoms with Crippen molar-refractivity contribution in [3.8, 4) is 0 Å². The SMILES string of the molecule is CC[C@@H](C)OC1=CC2=C(CCN(c3ccc(C(=O)N(C)c4ccncc4)cc3)C2c2ccc(Cl)cc2)C(=O)C1OC. The molecule has 3 atom stereocenters. The van der Waals surface area contributed by atoms with Gasteiger partial charge >= 0.3 is 0 Å². The minimum absolute atomic E-state index is 0.0537. The second-order valence-electron chi connectivity index (χ2n) is 10.3. The van der Waals surface area contributed by atoms with Crippen LogP contribution in [0.4, 0.5) is 11.4 Å². The van der Waals surface area contributed by atoms with Gasteiger partial charge in [-0.15, -0.1) is 0 Å². The van der Waals surface area contributed by atoms with Gasteiger partial charge in [0.05, 0.1) is 12.1 Å². The summed E-state index contributed by atoms with van der Waals surface area (Å²) in [7, 11) is 3.29. The number of aromatic nitrogens is 1. The lowest BCUT2D eigenvalue weighted by molar-refractivity contribution is -0.126. The Bertz CT molecular complexity index is 1470. The van der Waals surface area contributed by atoms with Crippen molar-refractivity contribution in [1.82, 2.24) is 4.98 Å². The van der Waals surface area contributed by atoms with E-state index < -0.39 is 6.10 Å². The van der Waals surface area contributed by atoms with Gasteiger partial charge in [0.25, 0.3) is 5.91 Å². The van der Waals surface area contributed by atoms with Gasteiger partial charge in [-0.1, -0.05) is 30.7 Å². The first-order valence-corrected chi connectivity index (χ1v) is 14.2. The summed E-state index contributed by atoms with van der Waals surface area (Å²) >= 11 is 6.25. The highest BCUT2D eigenvalue weighted by Crippen LogP contribution is 2.43. The van der Waals surface area contributed by atoms with Crippen molar-refractivity contribution in [2.45, 2.75) is 44.9 Å². The van der Waals surface area contributed by atoms with Gasteiger partial charge in [0, 0.05) is 60.6 Å². The van der Waals surface area contributed by atoms with Gasteiger partial charge in [0.1, 0.15) is 5.76 Å². The summed E-state index contributed by atoms with van der Waals surface area (Å²) in [6.45, 7) is 4.65. The van der Waals surface area contributed by atoms with Crippen molar-refractivity contribution in [1.29, 1.82) is 0 Å². The Morgan fingerprint density at radius 2 is 1.78 bits per heavy atom. The number of Topliss-reactive ketones (excluding diaryl/α,β-unsaturated/α-hetero) is 1. The Labute approximate surface area is 246 Å². The molecule has 0 spiro atoms. The van der Waals surface area contributed by atoms with Crippen molar-refractivity contribution < 1.29 is 19.1 Å². The van der Waals surface area contributed by atoms with Crippen LogP contribution < -0.4 is 9.80 Å². The van der Waals surface area contributed by atoms with Crippen LogP contribution in [0.5, 0.6) is 0 Å². The summed E-state index contributed by atoms with van der Waals surface area (Å²) < 4.78 is 11.8. The third kappa shape index (κ3) is 5.78. The molecule has 2 aromatic carbocycles. The summed E-state index contributed by atoms with van der Waals surface area (Å²) in [5.41, 5.74) is 4.95. The Balaban J connectivity index is 1.52. The smallest absolute Gasteiger partial charge is 0.258 e. The first-order valence-electron chi connectivity index (χ1n) is 13.8. The van der Waals surface area contributed by atoms with E-state index in [9.17, 15) is 9.59 Å². The monoisotopic (exact) mass is 571 g/mol. The molecule has 1 aromatic heterocycles. The second kappa shape index (κ2) is 12.3. The summed E-state index contributed by atoms with van der Waals surface area (Å²) in [6.07, 6.45) is 5.89. The van der Waals surface area contributed by atoms with Crippen LogP contribution in [0, 0.1) is 0 Å². The predicted molar refractivity (Wildman–Crippen MR) is 161 cm³/mol. The van der Waals surface area contributed by atoms with Gasteiger partial charge in [-0.05, 0) is 85.5 Å². The molecule has 7 nitrogen and oxygen atoms in total. The van der Waals surface area contributed by atoms with E-state index in [2.05, 4.69) is 9.88 Å². The average Bonchev–Trinajstić information content (AvgIpc) is 3.01. The minimum Gasteiger partial charge on any atom is -0.492 e. The number of rotatable bonds is 8. The quantitative estimate of drug-likeness (QED) is 0.305. The number of ketones is 1. The van der Waals surface area contributed by atoms with Crippen LogP contribution in [0.25, 0.3) is 0 Å². The largest absolute Gasteiger partial charge is 0.492 e. The van der Waals surface area contributed by atoms with Crippen LogP contribution in [-0.4, -0.2) is 49.6 Å². The van der Waals surface area contributed by atoms with Crippen LogP contribution in [0.1, 0.15) is 48.7 Å². The Hall–Kier alpha value is -3.94. The first kappa shape index (κ1) is 28.6. The van der Waals surface area contributed by atoms with Gasteiger partial charge in [0.15, 0.2) is 11.9 Å². The normalized spacial score (nSPS) is 19.4. The van der Waals surface area contributed by atoms with E-state index in [1.807, 2.05) is 68.5 Å². The highest BCUT2D eigenvalue weighted by molar-refractivity contribution is 6.30. The number of hydrogen-bond donors (Lipinski definition) is 0. The maximum absolute atomic E-state index is 13.7. The van der Waals surface area contributed by atoms with Crippen molar-refractivity contribution in [3.63, 3.8) is 0 Å². The number of carbonyl (C=O) groups is 2. The molecular formula is C33H34ClN3O4. The van der Waals surface area contributed by atoms with Crippen LogP contribution in [0.2, 0.25) is 5.02 Å². The van der Waals surface area contributed by atoms with Crippen LogP contribution in [-0.2, 0) is 14.3 Å². The number of amides is 1. The van der Waals surface area contributed by atoms with Gasteiger partial charge in [0.2, 0.25) is 0 Å². The standard InChI is InChI=1S/C33H34ClN3O4/c1-5-21(2)41-29-20-28-27(31(38)32(29)40-4)16-19-37(30(28)22-6-10-24(34)11-7-22)26-12-8-23(9-13-26)33(39)36(3)25-14-17-35-18-15-25/h6-15,17-18,20-21,30,32H,5,16,19H2,1-4H3/t21-,30?,32?/m1/s1. The van der Waals surface area contributed by atoms with Crippen molar-refractivity contribution >= 4 is 34.7 Å². The van der Waals surface area contributed by atoms with E-state index in [4.69, 9.17) is 21.1 Å². The molecule has 3 aromatic rings.